The van der Waals surface area contributed by atoms with Crippen LogP contribution in [0.25, 0.3) is 10.8 Å². The van der Waals surface area contributed by atoms with Crippen molar-refractivity contribution in [2.45, 2.75) is 37.8 Å². The molecule has 1 atom stereocenters. The van der Waals surface area contributed by atoms with Gasteiger partial charge in [0.1, 0.15) is 11.8 Å². The highest BCUT2D eigenvalue weighted by molar-refractivity contribution is 7.89. The van der Waals surface area contributed by atoms with Crippen LogP contribution in [0.4, 0.5) is 0 Å². The summed E-state index contributed by atoms with van der Waals surface area (Å²) in [7, 11) is -0.995. The van der Waals surface area contributed by atoms with Crippen LogP contribution < -0.4 is 10.1 Å². The van der Waals surface area contributed by atoms with Gasteiger partial charge in [-0.2, -0.15) is 4.31 Å². The Labute approximate surface area is 212 Å². The van der Waals surface area contributed by atoms with Crippen LogP contribution in [-0.4, -0.2) is 62.7 Å². The third kappa shape index (κ3) is 6.41. The molecule has 0 aliphatic carbocycles. The summed E-state index contributed by atoms with van der Waals surface area (Å²) in [5.74, 6) is -0.0952. The van der Waals surface area contributed by atoms with E-state index in [9.17, 15) is 18.0 Å². The minimum absolute atomic E-state index is 0.104. The number of carbonyl (C=O) groups excluding carboxylic acids is 2. The number of nitrogens with zero attached hydrogens (tertiary/aromatic N) is 2. The Morgan fingerprint density at radius 1 is 1.00 bits per heavy atom. The van der Waals surface area contributed by atoms with Crippen LogP contribution in [0.5, 0.6) is 5.75 Å². The lowest BCUT2D eigenvalue weighted by Gasteiger charge is -2.30. The van der Waals surface area contributed by atoms with Crippen LogP contribution >= 0.6 is 0 Å². The van der Waals surface area contributed by atoms with E-state index < -0.39 is 28.5 Å². The average Bonchev–Trinajstić information content (AvgIpc) is 2.89. The third-order valence-electron chi connectivity index (χ3n) is 6.02. The largest absolute Gasteiger partial charge is 0.497 e. The number of ether oxygens (including phenoxy) is 1. The van der Waals surface area contributed by atoms with E-state index in [1.54, 1.807) is 38.3 Å². The van der Waals surface area contributed by atoms with E-state index >= 15 is 0 Å². The number of likely N-dealkylation sites (N-methyl/N-ethyl adjacent to an activating group) is 1. The number of nitrogens with one attached hydrogen (secondary N) is 1. The highest BCUT2D eigenvalue weighted by Crippen LogP contribution is 2.22. The molecule has 8 nitrogen and oxygen atoms in total. The molecule has 192 valence electrons. The Kier molecular flexibility index (Phi) is 9.06. The maximum absolute atomic E-state index is 13.4. The average molecular weight is 512 g/mol. The number of hydrogen-bond donors (Lipinski definition) is 1. The zero-order chi connectivity index (χ0) is 26.3. The van der Waals surface area contributed by atoms with Crippen molar-refractivity contribution in [3.63, 3.8) is 0 Å². The number of rotatable bonds is 11. The maximum Gasteiger partial charge on any atom is 0.243 e. The standard InChI is InChI=1S/C27H33N3O5S/c1-5-16-28-27(32)20(2)30(18-21-10-13-24(35-4)14-11-21)26(31)19-29(3)36(33,34)25-15-12-22-8-6-7-9-23(22)17-25/h6-15,17,20H,5,16,18-19H2,1-4H3,(H,28,32)/t20-/m1/s1. The molecule has 0 bridgehead atoms. The second kappa shape index (κ2) is 12.0. The minimum Gasteiger partial charge on any atom is -0.497 e. The fourth-order valence-electron chi connectivity index (χ4n) is 3.78. The van der Waals surface area contributed by atoms with Gasteiger partial charge in [0.2, 0.25) is 21.8 Å². The van der Waals surface area contributed by atoms with Crippen molar-refractivity contribution in [1.29, 1.82) is 0 Å². The van der Waals surface area contributed by atoms with Gasteiger partial charge >= 0.3 is 0 Å². The molecule has 0 aromatic heterocycles. The molecule has 0 unspecified atom stereocenters. The molecule has 9 heteroatoms. The van der Waals surface area contributed by atoms with E-state index in [0.29, 0.717) is 12.3 Å². The minimum atomic E-state index is -3.93. The zero-order valence-electron chi connectivity index (χ0n) is 21.1. The van der Waals surface area contributed by atoms with Crippen molar-refractivity contribution in [2.75, 3.05) is 27.2 Å². The van der Waals surface area contributed by atoms with E-state index in [1.807, 2.05) is 43.3 Å². The molecule has 3 aromatic carbocycles. The summed E-state index contributed by atoms with van der Waals surface area (Å²) in [5.41, 5.74) is 0.791. The summed E-state index contributed by atoms with van der Waals surface area (Å²) in [5, 5.41) is 4.53. The van der Waals surface area contributed by atoms with Gasteiger partial charge in [-0.1, -0.05) is 49.4 Å². The first-order valence-corrected chi connectivity index (χ1v) is 13.3. The molecule has 0 spiro atoms. The van der Waals surface area contributed by atoms with Gasteiger partial charge in [-0.05, 0) is 53.9 Å². The molecule has 1 N–H and O–H groups in total. The molecule has 0 fully saturated rings. The molecular formula is C27H33N3O5S. The number of carbonyl (C=O) groups is 2. The quantitative estimate of drug-likeness (QED) is 0.426. The van der Waals surface area contributed by atoms with Crippen LogP contribution in [0.15, 0.2) is 71.6 Å². The van der Waals surface area contributed by atoms with Crippen molar-refractivity contribution < 1.29 is 22.7 Å². The SMILES string of the molecule is CCCNC(=O)[C@@H](C)N(Cc1ccc(OC)cc1)C(=O)CN(C)S(=O)(=O)c1ccc2ccccc2c1. The smallest absolute Gasteiger partial charge is 0.243 e. The molecule has 3 rings (SSSR count). The maximum atomic E-state index is 13.4. The highest BCUT2D eigenvalue weighted by atomic mass is 32.2. The summed E-state index contributed by atoms with van der Waals surface area (Å²) in [6, 6.07) is 18.7. The van der Waals surface area contributed by atoms with Crippen LogP contribution in [0.2, 0.25) is 0 Å². The molecule has 36 heavy (non-hydrogen) atoms. The number of methoxy groups -OCH3 is 1. The molecule has 0 radical (unpaired) electrons. The Bertz CT molecular complexity index is 1310. The number of fused-ring (bicyclic) bond motifs is 1. The Morgan fingerprint density at radius 2 is 1.67 bits per heavy atom. The molecule has 0 saturated heterocycles. The zero-order valence-corrected chi connectivity index (χ0v) is 21.9. The van der Waals surface area contributed by atoms with E-state index in [1.165, 1.54) is 18.0 Å². The van der Waals surface area contributed by atoms with Crippen molar-refractivity contribution in [3.05, 3.63) is 72.3 Å². The lowest BCUT2D eigenvalue weighted by Crippen LogP contribution is -2.50. The summed E-state index contributed by atoms with van der Waals surface area (Å²) >= 11 is 0. The molecule has 0 aliphatic heterocycles. The number of hydrogen-bond acceptors (Lipinski definition) is 5. The highest BCUT2D eigenvalue weighted by Gasteiger charge is 2.30. The molecular weight excluding hydrogens is 478 g/mol. The Balaban J connectivity index is 1.83. The monoisotopic (exact) mass is 511 g/mol. The van der Waals surface area contributed by atoms with Crippen LogP contribution in [0.3, 0.4) is 0 Å². The van der Waals surface area contributed by atoms with Crippen LogP contribution in [-0.2, 0) is 26.2 Å². The van der Waals surface area contributed by atoms with Gasteiger partial charge in [0.25, 0.3) is 0 Å². The molecule has 0 aliphatic rings. The second-order valence-electron chi connectivity index (χ2n) is 8.61. The van der Waals surface area contributed by atoms with E-state index in [2.05, 4.69) is 5.32 Å². The topological polar surface area (TPSA) is 96.0 Å². The summed E-state index contributed by atoms with van der Waals surface area (Å²) < 4.78 is 32.8. The predicted molar refractivity (Wildman–Crippen MR) is 140 cm³/mol. The normalized spacial score (nSPS) is 12.4. The first-order valence-electron chi connectivity index (χ1n) is 11.8. The summed E-state index contributed by atoms with van der Waals surface area (Å²) in [4.78, 5) is 27.6. The number of benzene rings is 3. The van der Waals surface area contributed by atoms with Gasteiger partial charge in [0.05, 0.1) is 18.6 Å². The van der Waals surface area contributed by atoms with Crippen LogP contribution in [0, 0.1) is 0 Å². The summed E-state index contributed by atoms with van der Waals surface area (Å²) in [6.07, 6.45) is 0.762. The van der Waals surface area contributed by atoms with Gasteiger partial charge < -0.3 is 15.0 Å². The van der Waals surface area contributed by atoms with Gasteiger partial charge in [0.15, 0.2) is 0 Å². The van der Waals surface area contributed by atoms with Gasteiger partial charge in [0, 0.05) is 20.1 Å². The second-order valence-corrected chi connectivity index (χ2v) is 10.7. The predicted octanol–water partition coefficient (Wildman–Crippen LogP) is 3.41. The lowest BCUT2D eigenvalue weighted by molar-refractivity contribution is -0.140. The molecule has 2 amide bonds. The van der Waals surface area contributed by atoms with Gasteiger partial charge in [-0.15, -0.1) is 0 Å². The van der Waals surface area contributed by atoms with Crippen molar-refractivity contribution in [2.24, 2.45) is 0 Å². The van der Waals surface area contributed by atoms with E-state index in [4.69, 9.17) is 4.74 Å². The van der Waals surface area contributed by atoms with Crippen LogP contribution in [0.1, 0.15) is 25.8 Å². The molecule has 0 saturated carbocycles. The number of sulfonamides is 1. The fourth-order valence-corrected chi connectivity index (χ4v) is 4.94. The van der Waals surface area contributed by atoms with Gasteiger partial charge in [-0.3, -0.25) is 9.59 Å². The van der Waals surface area contributed by atoms with Crippen molar-refractivity contribution in [1.82, 2.24) is 14.5 Å². The third-order valence-corrected chi connectivity index (χ3v) is 7.81. The van der Waals surface area contributed by atoms with Crippen molar-refractivity contribution >= 4 is 32.6 Å². The number of amides is 2. The molecule has 0 heterocycles. The van der Waals surface area contributed by atoms with Gasteiger partial charge in [-0.25, -0.2) is 8.42 Å². The summed E-state index contributed by atoms with van der Waals surface area (Å²) in [6.45, 7) is 3.82. The van der Waals surface area contributed by atoms with Crippen molar-refractivity contribution in [3.8, 4) is 5.75 Å². The van der Waals surface area contributed by atoms with E-state index in [-0.39, 0.29) is 17.3 Å². The van der Waals surface area contributed by atoms with E-state index in [0.717, 1.165) is 27.1 Å². The first kappa shape index (κ1) is 27.2. The lowest BCUT2D eigenvalue weighted by atomic mass is 10.1. The first-order chi connectivity index (χ1) is 17.2. The Hall–Kier alpha value is -3.43. The fraction of sp³-hybridized carbons (Fsp3) is 0.333. The molecule has 3 aromatic rings. The Morgan fingerprint density at radius 3 is 2.31 bits per heavy atom.